The van der Waals surface area contributed by atoms with E-state index in [4.69, 9.17) is 17.3 Å². The van der Waals surface area contributed by atoms with Gasteiger partial charge in [0, 0.05) is 18.0 Å². The number of carbonyl (C=O) groups excluding carboxylic acids is 1. The van der Waals surface area contributed by atoms with Gasteiger partial charge in [-0.25, -0.2) is 0 Å². The van der Waals surface area contributed by atoms with E-state index in [1.165, 1.54) is 0 Å². The molecular weight excluding hydrogens is 284 g/mol. The predicted octanol–water partition coefficient (Wildman–Crippen LogP) is 3.75. The Morgan fingerprint density at radius 3 is 2.62 bits per heavy atom. The molecule has 0 radical (unpaired) electrons. The number of hydrogen-bond donors (Lipinski definition) is 2. The van der Waals surface area contributed by atoms with E-state index >= 15 is 0 Å². The van der Waals surface area contributed by atoms with Crippen molar-refractivity contribution in [1.82, 2.24) is 5.32 Å². The van der Waals surface area contributed by atoms with Gasteiger partial charge in [-0.3, -0.25) is 4.79 Å². The molecule has 0 aliphatic carbocycles. The van der Waals surface area contributed by atoms with Crippen LogP contribution in [0.25, 0.3) is 0 Å². The molecule has 21 heavy (non-hydrogen) atoms. The van der Waals surface area contributed by atoms with Crippen LogP contribution >= 0.6 is 11.6 Å². The lowest BCUT2D eigenvalue weighted by molar-refractivity contribution is -0.121. The summed E-state index contributed by atoms with van der Waals surface area (Å²) in [5.74, 6) is 0.556. The highest BCUT2D eigenvalue weighted by Crippen LogP contribution is 2.32. The number of amides is 1. The Morgan fingerprint density at radius 2 is 2.05 bits per heavy atom. The van der Waals surface area contributed by atoms with Crippen molar-refractivity contribution in [1.29, 1.82) is 0 Å². The van der Waals surface area contributed by atoms with Gasteiger partial charge in [0.15, 0.2) is 0 Å². The first-order chi connectivity index (χ1) is 9.82. The molecule has 1 unspecified atom stereocenters. The fourth-order valence-corrected chi connectivity index (χ4v) is 2.67. The van der Waals surface area contributed by atoms with E-state index in [-0.39, 0.29) is 11.3 Å². The molecule has 0 aromatic heterocycles. The second-order valence-electron chi connectivity index (χ2n) is 6.59. The van der Waals surface area contributed by atoms with Crippen LogP contribution in [0.1, 0.15) is 45.6 Å². The number of rotatable bonds is 7. The quantitative estimate of drug-likeness (QED) is 0.806. The van der Waals surface area contributed by atoms with Crippen molar-refractivity contribution in [3.8, 4) is 0 Å². The first-order valence-electron chi connectivity index (χ1n) is 7.54. The van der Waals surface area contributed by atoms with E-state index < -0.39 is 0 Å². The molecule has 0 aliphatic rings. The summed E-state index contributed by atoms with van der Waals surface area (Å²) in [6, 6.07) is 7.54. The van der Waals surface area contributed by atoms with Crippen molar-refractivity contribution in [2.24, 2.45) is 17.1 Å². The largest absolute Gasteiger partial charge is 0.352 e. The first-order valence-corrected chi connectivity index (χ1v) is 7.92. The Kier molecular flexibility index (Phi) is 7.20. The van der Waals surface area contributed by atoms with Crippen molar-refractivity contribution >= 4 is 17.5 Å². The highest BCUT2D eigenvalue weighted by Gasteiger charge is 2.24. The standard InChI is InChI=1S/C17H27ClN2O/c1-17(2,3)14(9-10-19)7-8-16(21)20-12-13-5-4-6-15(18)11-13/h4-6,11,14H,7-10,12,19H2,1-3H3,(H,20,21). The van der Waals surface area contributed by atoms with Crippen LogP contribution in [0.5, 0.6) is 0 Å². The molecule has 0 spiro atoms. The lowest BCUT2D eigenvalue weighted by atomic mass is 9.76. The first kappa shape index (κ1) is 18.0. The summed E-state index contributed by atoms with van der Waals surface area (Å²) in [4.78, 5) is 12.0. The van der Waals surface area contributed by atoms with Crippen LogP contribution in [0.2, 0.25) is 5.02 Å². The van der Waals surface area contributed by atoms with Crippen molar-refractivity contribution < 1.29 is 4.79 Å². The van der Waals surface area contributed by atoms with Gasteiger partial charge in [-0.1, -0.05) is 44.5 Å². The zero-order valence-electron chi connectivity index (χ0n) is 13.3. The molecule has 4 heteroatoms. The number of halogens is 1. The molecule has 0 saturated heterocycles. The molecular formula is C17H27ClN2O. The number of nitrogens with two attached hydrogens (primary N) is 1. The third-order valence-corrected chi connectivity index (χ3v) is 4.07. The maximum absolute atomic E-state index is 12.0. The summed E-state index contributed by atoms with van der Waals surface area (Å²) in [5, 5.41) is 3.64. The van der Waals surface area contributed by atoms with Gasteiger partial charge in [-0.2, -0.15) is 0 Å². The maximum atomic E-state index is 12.0. The fourth-order valence-electron chi connectivity index (χ4n) is 2.45. The number of nitrogens with one attached hydrogen (secondary N) is 1. The molecule has 118 valence electrons. The summed E-state index contributed by atoms with van der Waals surface area (Å²) in [6.07, 6.45) is 2.38. The molecule has 1 atom stereocenters. The second kappa shape index (κ2) is 8.40. The van der Waals surface area contributed by atoms with Crippen LogP contribution in [0.3, 0.4) is 0 Å². The third kappa shape index (κ3) is 6.96. The van der Waals surface area contributed by atoms with Crippen LogP contribution in [-0.4, -0.2) is 12.5 Å². The molecule has 0 fully saturated rings. The van der Waals surface area contributed by atoms with Gasteiger partial charge in [-0.05, 0) is 48.4 Å². The van der Waals surface area contributed by atoms with Crippen LogP contribution in [0, 0.1) is 11.3 Å². The number of hydrogen-bond acceptors (Lipinski definition) is 2. The minimum Gasteiger partial charge on any atom is -0.352 e. The van der Waals surface area contributed by atoms with Crippen LogP contribution in [-0.2, 0) is 11.3 Å². The summed E-state index contributed by atoms with van der Waals surface area (Å²) in [6.45, 7) is 7.81. The van der Waals surface area contributed by atoms with E-state index in [1.807, 2.05) is 24.3 Å². The molecule has 0 saturated carbocycles. The normalized spacial score (nSPS) is 13.0. The smallest absolute Gasteiger partial charge is 0.220 e. The predicted molar refractivity (Wildman–Crippen MR) is 89.1 cm³/mol. The van der Waals surface area contributed by atoms with Gasteiger partial charge in [0.2, 0.25) is 5.91 Å². The van der Waals surface area contributed by atoms with Gasteiger partial charge in [0.25, 0.3) is 0 Å². The molecule has 1 aromatic rings. The Bertz CT molecular complexity index is 454. The Labute approximate surface area is 133 Å². The van der Waals surface area contributed by atoms with E-state index in [0.717, 1.165) is 18.4 Å². The zero-order chi connectivity index (χ0) is 15.9. The molecule has 3 nitrogen and oxygen atoms in total. The van der Waals surface area contributed by atoms with Crippen molar-refractivity contribution in [2.75, 3.05) is 6.54 Å². The van der Waals surface area contributed by atoms with Crippen LogP contribution in [0.15, 0.2) is 24.3 Å². The molecule has 1 rings (SSSR count). The SMILES string of the molecule is CC(C)(C)C(CCN)CCC(=O)NCc1cccc(Cl)c1. The topological polar surface area (TPSA) is 55.1 Å². The summed E-state index contributed by atoms with van der Waals surface area (Å²) in [7, 11) is 0. The van der Waals surface area contributed by atoms with Crippen molar-refractivity contribution in [2.45, 2.75) is 46.6 Å². The van der Waals surface area contributed by atoms with Crippen molar-refractivity contribution in [3.05, 3.63) is 34.9 Å². The minimum absolute atomic E-state index is 0.0845. The summed E-state index contributed by atoms with van der Waals surface area (Å²) < 4.78 is 0. The van der Waals surface area contributed by atoms with Gasteiger partial charge < -0.3 is 11.1 Å². The van der Waals surface area contributed by atoms with Crippen LogP contribution < -0.4 is 11.1 Å². The average molecular weight is 311 g/mol. The molecule has 1 amide bonds. The molecule has 0 bridgehead atoms. The highest BCUT2D eigenvalue weighted by molar-refractivity contribution is 6.30. The van der Waals surface area contributed by atoms with Crippen LogP contribution in [0.4, 0.5) is 0 Å². The van der Waals surface area contributed by atoms with Gasteiger partial charge in [0.05, 0.1) is 0 Å². The van der Waals surface area contributed by atoms with E-state index in [2.05, 4.69) is 26.1 Å². The molecule has 0 heterocycles. The monoisotopic (exact) mass is 310 g/mol. The third-order valence-electron chi connectivity index (χ3n) is 3.84. The Balaban J connectivity index is 2.39. The highest BCUT2D eigenvalue weighted by atomic mass is 35.5. The molecule has 0 aliphatic heterocycles. The zero-order valence-corrected chi connectivity index (χ0v) is 14.0. The lowest BCUT2D eigenvalue weighted by Crippen LogP contribution is -2.27. The lowest BCUT2D eigenvalue weighted by Gasteiger charge is -2.30. The minimum atomic E-state index is 0.0845. The Hall–Kier alpha value is -1.06. The Morgan fingerprint density at radius 1 is 1.33 bits per heavy atom. The summed E-state index contributed by atoms with van der Waals surface area (Å²) >= 11 is 5.92. The van der Waals surface area contributed by atoms with Gasteiger partial charge in [0.1, 0.15) is 0 Å². The summed E-state index contributed by atoms with van der Waals surface area (Å²) in [5.41, 5.74) is 6.87. The van der Waals surface area contributed by atoms with E-state index in [1.54, 1.807) is 0 Å². The number of carbonyl (C=O) groups is 1. The molecule has 1 aromatic carbocycles. The van der Waals surface area contributed by atoms with E-state index in [0.29, 0.717) is 30.5 Å². The average Bonchev–Trinajstić information content (AvgIpc) is 2.40. The fraction of sp³-hybridized carbons (Fsp3) is 0.588. The maximum Gasteiger partial charge on any atom is 0.220 e. The van der Waals surface area contributed by atoms with E-state index in [9.17, 15) is 4.79 Å². The second-order valence-corrected chi connectivity index (χ2v) is 7.02. The van der Waals surface area contributed by atoms with Crippen molar-refractivity contribution in [3.63, 3.8) is 0 Å². The number of benzene rings is 1. The van der Waals surface area contributed by atoms with Gasteiger partial charge >= 0.3 is 0 Å². The van der Waals surface area contributed by atoms with Gasteiger partial charge in [-0.15, -0.1) is 0 Å². The molecule has 3 N–H and O–H groups in total.